The molecule has 0 saturated carbocycles. The van der Waals surface area contributed by atoms with E-state index < -0.39 is 17.1 Å². The van der Waals surface area contributed by atoms with Crippen molar-refractivity contribution in [3.63, 3.8) is 0 Å². The van der Waals surface area contributed by atoms with Gasteiger partial charge in [0.15, 0.2) is 11.5 Å². The van der Waals surface area contributed by atoms with E-state index in [0.717, 1.165) is 45.4 Å². The molecule has 0 bridgehead atoms. The van der Waals surface area contributed by atoms with Crippen molar-refractivity contribution in [3.05, 3.63) is 173 Å². The maximum atomic E-state index is 13.0. The number of hydrogen-bond donors (Lipinski definition) is 2. The average molecular weight is 677 g/mol. The molecule has 7 rings (SSSR count). The lowest BCUT2D eigenvalue weighted by molar-refractivity contribution is -0.117. The van der Waals surface area contributed by atoms with Crippen LogP contribution in [0.4, 0.5) is 0 Å². The first kappa shape index (κ1) is 33.3. The lowest BCUT2D eigenvalue weighted by atomic mass is 9.77. The second kappa shape index (κ2) is 14.0. The number of tetrazole rings is 1. The summed E-state index contributed by atoms with van der Waals surface area (Å²) in [5, 5.41) is 27.3. The van der Waals surface area contributed by atoms with E-state index in [9.17, 15) is 9.90 Å². The largest absolute Gasteiger partial charge is 0.479 e. The molecule has 1 aromatic heterocycles. The van der Waals surface area contributed by atoms with Gasteiger partial charge < -0.3 is 20.1 Å². The van der Waals surface area contributed by atoms with Crippen LogP contribution < -0.4 is 5.32 Å². The monoisotopic (exact) mass is 676 g/mol. The molecule has 9 nitrogen and oxygen atoms in total. The Morgan fingerprint density at radius 3 is 1.84 bits per heavy atom. The zero-order valence-corrected chi connectivity index (χ0v) is 28.9. The number of methoxy groups -OCH3 is 1. The van der Waals surface area contributed by atoms with Gasteiger partial charge in [-0.2, -0.15) is 0 Å². The van der Waals surface area contributed by atoms with Crippen LogP contribution in [0.3, 0.4) is 0 Å². The smallest absolute Gasteiger partial charge is 0.306 e. The highest BCUT2D eigenvalue weighted by Crippen LogP contribution is 2.43. The van der Waals surface area contributed by atoms with E-state index in [1.54, 1.807) is 0 Å². The SMILES string of the molecule is CCCC1(C)NC(=O)C(=C(O)OC)N1Cc1ccc(-c2ccccc2-c2nnnn2C(c2ccccc2)(c2ccccc2)c2ccccc2)cc1. The summed E-state index contributed by atoms with van der Waals surface area (Å²) in [5.74, 6) is -0.132. The summed E-state index contributed by atoms with van der Waals surface area (Å²) in [6.07, 6.45) is 1.56. The minimum atomic E-state index is -0.884. The van der Waals surface area contributed by atoms with Crippen molar-refractivity contribution >= 4 is 5.91 Å². The first-order valence-corrected chi connectivity index (χ1v) is 17.1. The average Bonchev–Trinajstić information content (AvgIpc) is 3.75. The molecule has 1 fully saturated rings. The number of benzene rings is 5. The molecule has 256 valence electrons. The topological polar surface area (TPSA) is 105 Å². The molecule has 51 heavy (non-hydrogen) atoms. The molecular formula is C42H40N6O3. The number of aliphatic hydroxyl groups is 1. The van der Waals surface area contributed by atoms with Gasteiger partial charge in [-0.3, -0.25) is 4.79 Å². The van der Waals surface area contributed by atoms with Crippen molar-refractivity contribution in [1.82, 2.24) is 30.4 Å². The second-order valence-corrected chi connectivity index (χ2v) is 12.9. The van der Waals surface area contributed by atoms with E-state index in [2.05, 4.69) is 78.1 Å². The summed E-state index contributed by atoms with van der Waals surface area (Å²) < 4.78 is 7.05. The van der Waals surface area contributed by atoms with Crippen LogP contribution in [0.5, 0.6) is 0 Å². The molecular weight excluding hydrogens is 637 g/mol. The van der Waals surface area contributed by atoms with Gasteiger partial charge in [-0.25, -0.2) is 4.68 Å². The van der Waals surface area contributed by atoms with Crippen molar-refractivity contribution in [2.45, 2.75) is 44.4 Å². The predicted molar refractivity (Wildman–Crippen MR) is 197 cm³/mol. The van der Waals surface area contributed by atoms with E-state index in [1.165, 1.54) is 7.11 Å². The first-order valence-electron chi connectivity index (χ1n) is 17.1. The molecule has 9 heteroatoms. The van der Waals surface area contributed by atoms with Crippen LogP contribution in [0.25, 0.3) is 22.5 Å². The summed E-state index contributed by atoms with van der Waals surface area (Å²) in [4.78, 5) is 14.8. The highest BCUT2D eigenvalue weighted by atomic mass is 16.6. The number of hydrogen-bond acceptors (Lipinski definition) is 7. The molecule has 6 aromatic rings. The van der Waals surface area contributed by atoms with Gasteiger partial charge in [0.25, 0.3) is 5.91 Å². The fourth-order valence-corrected chi connectivity index (χ4v) is 7.38. The number of aliphatic hydroxyl groups excluding tert-OH is 1. The van der Waals surface area contributed by atoms with Gasteiger partial charge in [-0.1, -0.05) is 153 Å². The van der Waals surface area contributed by atoms with Gasteiger partial charge in [0.05, 0.1) is 7.11 Å². The maximum Gasteiger partial charge on any atom is 0.306 e. The van der Waals surface area contributed by atoms with Crippen LogP contribution in [-0.4, -0.2) is 48.9 Å². The van der Waals surface area contributed by atoms with E-state index in [0.29, 0.717) is 18.8 Å². The Morgan fingerprint density at radius 2 is 1.31 bits per heavy atom. The maximum absolute atomic E-state index is 13.0. The first-order chi connectivity index (χ1) is 24.9. The molecule has 2 N–H and O–H groups in total. The number of carbonyl (C=O) groups excluding carboxylic acids is 1. The van der Waals surface area contributed by atoms with Crippen LogP contribution in [0, 0.1) is 0 Å². The Balaban J connectivity index is 1.33. The van der Waals surface area contributed by atoms with Crippen molar-refractivity contribution in [3.8, 4) is 22.5 Å². The van der Waals surface area contributed by atoms with E-state index >= 15 is 0 Å². The predicted octanol–water partition coefficient (Wildman–Crippen LogP) is 7.67. The van der Waals surface area contributed by atoms with E-state index in [4.69, 9.17) is 15.0 Å². The second-order valence-electron chi connectivity index (χ2n) is 12.9. The molecule has 1 saturated heterocycles. The summed E-state index contributed by atoms with van der Waals surface area (Å²) in [5.41, 5.74) is 5.45. The quantitative estimate of drug-likeness (QED) is 0.0825. The van der Waals surface area contributed by atoms with Crippen molar-refractivity contribution < 1.29 is 14.6 Å². The molecule has 0 radical (unpaired) electrons. The zero-order valence-electron chi connectivity index (χ0n) is 28.9. The normalized spacial score (nSPS) is 16.9. The van der Waals surface area contributed by atoms with Gasteiger partial charge in [-0.15, -0.1) is 5.10 Å². The van der Waals surface area contributed by atoms with Gasteiger partial charge in [0, 0.05) is 12.1 Å². The fourth-order valence-electron chi connectivity index (χ4n) is 7.38. The Kier molecular flexibility index (Phi) is 9.11. The molecule has 1 atom stereocenters. The molecule has 0 aliphatic carbocycles. The Labute approximate surface area is 297 Å². The minimum absolute atomic E-state index is 0.133. The van der Waals surface area contributed by atoms with E-state index in [-0.39, 0.29) is 11.6 Å². The number of rotatable bonds is 11. The molecule has 1 unspecified atom stereocenters. The molecule has 1 amide bonds. The minimum Gasteiger partial charge on any atom is -0.479 e. The lowest BCUT2D eigenvalue weighted by Crippen LogP contribution is -2.48. The third-order valence-corrected chi connectivity index (χ3v) is 9.73. The zero-order chi connectivity index (χ0) is 35.4. The molecule has 1 aliphatic heterocycles. The number of aromatic nitrogens is 4. The van der Waals surface area contributed by atoms with Crippen LogP contribution >= 0.6 is 0 Å². The summed E-state index contributed by atoms with van der Waals surface area (Å²) in [7, 11) is 1.36. The summed E-state index contributed by atoms with van der Waals surface area (Å²) >= 11 is 0. The van der Waals surface area contributed by atoms with Gasteiger partial charge >= 0.3 is 5.95 Å². The fraction of sp³-hybridized carbons (Fsp3) is 0.190. The Hall–Kier alpha value is -6.22. The molecule has 1 aliphatic rings. The third-order valence-electron chi connectivity index (χ3n) is 9.73. The summed E-state index contributed by atoms with van der Waals surface area (Å²) in [6.45, 7) is 4.44. The number of nitrogens with one attached hydrogen (secondary N) is 1. The number of amides is 1. The van der Waals surface area contributed by atoms with Crippen molar-refractivity contribution in [2.75, 3.05) is 7.11 Å². The number of nitrogens with zero attached hydrogens (tertiary/aromatic N) is 5. The van der Waals surface area contributed by atoms with Crippen LogP contribution in [0.15, 0.2) is 151 Å². The van der Waals surface area contributed by atoms with Crippen LogP contribution in [0.1, 0.15) is 48.9 Å². The van der Waals surface area contributed by atoms with E-state index in [1.807, 2.05) is 95.4 Å². The Morgan fingerprint density at radius 1 is 0.784 bits per heavy atom. The molecule has 2 heterocycles. The summed E-state index contributed by atoms with van der Waals surface area (Å²) in [6, 6.07) is 47.5. The van der Waals surface area contributed by atoms with Gasteiger partial charge in [0.2, 0.25) is 0 Å². The highest BCUT2D eigenvalue weighted by molar-refractivity contribution is 5.96. The Bertz CT molecular complexity index is 2050. The standard InChI is InChI=1S/C42H40N6O3/c1-4-28-41(2)43-39(49)37(40(50)51-3)47(41)29-30-24-26-31(27-25-30)35-22-14-15-23-36(35)38-44-45-46-48(38)42(32-16-8-5-9-17-32,33-18-10-6-11-19-33)34-20-12-7-13-21-34/h5-27,50H,4,28-29H2,1-3H3,(H,43,49). The van der Waals surface area contributed by atoms with Crippen LogP contribution in [-0.2, 0) is 21.6 Å². The molecule has 5 aromatic carbocycles. The highest BCUT2D eigenvalue weighted by Gasteiger charge is 2.46. The van der Waals surface area contributed by atoms with Crippen molar-refractivity contribution in [2.24, 2.45) is 0 Å². The van der Waals surface area contributed by atoms with Gasteiger partial charge in [-0.05, 0) is 57.2 Å². The van der Waals surface area contributed by atoms with Gasteiger partial charge in [0.1, 0.15) is 11.2 Å². The number of ether oxygens (including phenoxy) is 1. The lowest BCUT2D eigenvalue weighted by Gasteiger charge is -2.36. The molecule has 0 spiro atoms. The van der Waals surface area contributed by atoms with Crippen molar-refractivity contribution in [1.29, 1.82) is 0 Å². The third kappa shape index (κ3) is 5.90. The van der Waals surface area contributed by atoms with Crippen LogP contribution in [0.2, 0.25) is 0 Å². The number of carbonyl (C=O) groups is 1.